The molecule has 0 spiro atoms. The number of fused-ring (bicyclic) bond motifs is 1. The molecule has 6 nitrogen and oxygen atoms in total. The average molecular weight is 449 g/mol. The molecule has 1 fully saturated rings. The van der Waals surface area contributed by atoms with E-state index in [2.05, 4.69) is 29.1 Å². The van der Waals surface area contributed by atoms with Crippen LogP contribution >= 0.6 is 11.3 Å². The van der Waals surface area contributed by atoms with Crippen molar-refractivity contribution in [3.8, 4) is 0 Å². The number of anilines is 1. The molecule has 2 aliphatic carbocycles. The minimum Gasteiger partial charge on any atom is -0.385 e. The summed E-state index contributed by atoms with van der Waals surface area (Å²) < 4.78 is 27.5. The molecule has 162 valence electrons. The van der Waals surface area contributed by atoms with Gasteiger partial charge in [-0.25, -0.2) is 17.9 Å². The molecule has 1 heterocycles. The molecular weight excluding hydrogens is 420 g/mol. The van der Waals surface area contributed by atoms with E-state index in [9.17, 15) is 18.3 Å². The molecule has 8 heteroatoms. The summed E-state index contributed by atoms with van der Waals surface area (Å²) in [5, 5.41) is 12.9. The molecule has 1 unspecified atom stereocenters. The molecule has 0 radical (unpaired) electrons. The maximum atomic E-state index is 12.7. The molecule has 0 aliphatic heterocycles. The van der Waals surface area contributed by atoms with Gasteiger partial charge in [0.15, 0.2) is 0 Å². The van der Waals surface area contributed by atoms with Gasteiger partial charge in [-0.3, -0.25) is 0 Å². The van der Waals surface area contributed by atoms with Gasteiger partial charge in [0.2, 0.25) is 0 Å². The van der Waals surface area contributed by atoms with Crippen molar-refractivity contribution in [2.45, 2.75) is 68.6 Å². The van der Waals surface area contributed by atoms with Crippen molar-refractivity contribution in [2.75, 3.05) is 5.32 Å². The molecule has 1 saturated carbocycles. The van der Waals surface area contributed by atoms with E-state index in [1.165, 1.54) is 24.5 Å². The molecule has 2 aromatic rings. The summed E-state index contributed by atoms with van der Waals surface area (Å²) in [6.07, 6.45) is 5.31. The van der Waals surface area contributed by atoms with Crippen LogP contribution in [0.25, 0.3) is 0 Å². The van der Waals surface area contributed by atoms with Crippen LogP contribution in [0.15, 0.2) is 28.5 Å². The minimum absolute atomic E-state index is 0.000336. The van der Waals surface area contributed by atoms with Crippen LogP contribution < -0.4 is 10.0 Å². The zero-order valence-corrected chi connectivity index (χ0v) is 19.1. The number of urea groups is 1. The smallest absolute Gasteiger partial charge is 0.333 e. The lowest BCUT2D eigenvalue weighted by atomic mass is 9.91. The van der Waals surface area contributed by atoms with Gasteiger partial charge in [0.05, 0.1) is 5.60 Å². The number of rotatable bonds is 6. The number of aliphatic hydroxyl groups is 1. The highest BCUT2D eigenvalue weighted by atomic mass is 32.2. The Hall–Kier alpha value is -1.90. The van der Waals surface area contributed by atoms with Crippen molar-refractivity contribution < 1.29 is 18.3 Å². The Balaban J connectivity index is 1.57. The second-order valence-electron chi connectivity index (χ2n) is 8.88. The van der Waals surface area contributed by atoms with Gasteiger partial charge in [-0.05, 0) is 86.6 Å². The lowest BCUT2D eigenvalue weighted by Gasteiger charge is -2.20. The number of sulfonamides is 1. The number of nitrogens with one attached hydrogen (secondary N) is 2. The summed E-state index contributed by atoms with van der Waals surface area (Å²) in [7, 11) is -4.02. The van der Waals surface area contributed by atoms with Gasteiger partial charge in [0.25, 0.3) is 10.0 Å². The molecule has 0 saturated heterocycles. The number of hydrogen-bond acceptors (Lipinski definition) is 5. The molecule has 30 heavy (non-hydrogen) atoms. The highest BCUT2D eigenvalue weighted by Gasteiger charge is 2.32. The Labute approximate surface area is 181 Å². The Morgan fingerprint density at radius 1 is 1.20 bits per heavy atom. The molecule has 1 atom stereocenters. The van der Waals surface area contributed by atoms with Crippen molar-refractivity contribution in [3.05, 3.63) is 45.8 Å². The van der Waals surface area contributed by atoms with Gasteiger partial charge < -0.3 is 10.4 Å². The van der Waals surface area contributed by atoms with Crippen LogP contribution in [0.2, 0.25) is 0 Å². The van der Waals surface area contributed by atoms with E-state index in [4.69, 9.17) is 0 Å². The van der Waals surface area contributed by atoms with E-state index in [1.54, 1.807) is 19.9 Å². The van der Waals surface area contributed by atoms with Gasteiger partial charge in [0, 0.05) is 10.6 Å². The van der Waals surface area contributed by atoms with Gasteiger partial charge in [-0.2, -0.15) is 0 Å². The summed E-state index contributed by atoms with van der Waals surface area (Å²) in [5.74, 6) is 0.956. The summed E-state index contributed by atoms with van der Waals surface area (Å²) >= 11 is 0.955. The van der Waals surface area contributed by atoms with Crippen molar-refractivity contribution in [2.24, 2.45) is 5.92 Å². The largest absolute Gasteiger partial charge is 0.385 e. The maximum absolute atomic E-state index is 12.7. The fraction of sp³-hybridized carbons (Fsp3) is 0.500. The van der Waals surface area contributed by atoms with Crippen LogP contribution in [0, 0.1) is 5.92 Å². The Kier molecular flexibility index (Phi) is 5.45. The first-order valence-corrected chi connectivity index (χ1v) is 12.7. The van der Waals surface area contributed by atoms with Crippen molar-refractivity contribution in [1.29, 1.82) is 0 Å². The number of carbonyl (C=O) groups excluding carboxylic acids is 1. The summed E-state index contributed by atoms with van der Waals surface area (Å²) in [4.78, 5) is 13.2. The number of hydrogen-bond donors (Lipinski definition) is 3. The van der Waals surface area contributed by atoms with Crippen LogP contribution in [0.4, 0.5) is 10.5 Å². The molecule has 2 amide bonds. The zero-order valence-electron chi connectivity index (χ0n) is 17.5. The second kappa shape index (κ2) is 7.66. The fourth-order valence-corrected chi connectivity index (χ4v) is 6.38. The van der Waals surface area contributed by atoms with Gasteiger partial charge in [-0.15, -0.1) is 11.3 Å². The number of benzene rings is 1. The van der Waals surface area contributed by atoms with Crippen LogP contribution in [0.3, 0.4) is 0 Å². The minimum atomic E-state index is -4.02. The van der Waals surface area contributed by atoms with Crippen LogP contribution in [0.1, 0.15) is 67.5 Å². The molecule has 3 N–H and O–H groups in total. The number of aryl methyl sites for hydroxylation is 1. The van der Waals surface area contributed by atoms with E-state index < -0.39 is 21.7 Å². The third-order valence-corrected chi connectivity index (χ3v) is 9.27. The summed E-state index contributed by atoms with van der Waals surface area (Å²) in [6.45, 7) is 5.36. The van der Waals surface area contributed by atoms with Gasteiger partial charge >= 0.3 is 6.03 Å². The SMILES string of the molecule is CC(c1ccc2c(c1NC(=O)NS(=O)(=O)c1ccc(C(C)(C)O)s1)CCC2)C1CC1. The molecule has 0 bridgehead atoms. The van der Waals surface area contributed by atoms with E-state index >= 15 is 0 Å². The Morgan fingerprint density at radius 3 is 2.57 bits per heavy atom. The maximum Gasteiger partial charge on any atom is 0.333 e. The highest BCUT2D eigenvalue weighted by molar-refractivity contribution is 7.92. The van der Waals surface area contributed by atoms with Crippen molar-refractivity contribution in [1.82, 2.24) is 4.72 Å². The lowest BCUT2D eigenvalue weighted by molar-refractivity contribution is 0.0825. The molecule has 4 rings (SSSR count). The predicted octanol–water partition coefficient (Wildman–Crippen LogP) is 4.49. The lowest BCUT2D eigenvalue weighted by Crippen LogP contribution is -2.34. The van der Waals surface area contributed by atoms with E-state index in [0.29, 0.717) is 16.7 Å². The van der Waals surface area contributed by atoms with Crippen molar-refractivity contribution in [3.63, 3.8) is 0 Å². The third kappa shape index (κ3) is 4.26. The van der Waals surface area contributed by atoms with Crippen LogP contribution in [0.5, 0.6) is 0 Å². The summed E-state index contributed by atoms with van der Waals surface area (Å²) in [5.41, 5.74) is 3.09. The first-order chi connectivity index (χ1) is 14.1. The van der Waals surface area contributed by atoms with Gasteiger partial charge in [-0.1, -0.05) is 19.1 Å². The number of carbonyl (C=O) groups is 1. The van der Waals surface area contributed by atoms with E-state index in [0.717, 1.165) is 47.4 Å². The van der Waals surface area contributed by atoms with Crippen molar-refractivity contribution >= 4 is 33.1 Å². The monoisotopic (exact) mass is 448 g/mol. The molecule has 1 aromatic heterocycles. The van der Waals surface area contributed by atoms with Crippen LogP contribution in [-0.2, 0) is 28.5 Å². The molecule has 2 aliphatic rings. The first-order valence-electron chi connectivity index (χ1n) is 10.4. The predicted molar refractivity (Wildman–Crippen MR) is 119 cm³/mol. The van der Waals surface area contributed by atoms with Crippen LogP contribution in [-0.4, -0.2) is 19.6 Å². The third-order valence-electron chi connectivity index (χ3n) is 6.05. The first kappa shape index (κ1) is 21.3. The fourth-order valence-electron chi connectivity index (χ4n) is 4.17. The standard InChI is InChI=1S/C22H28N2O4S2/c1-13(14-7-8-14)16-10-9-15-5-4-6-17(15)20(16)23-21(25)24-30(27,28)19-12-11-18(29-19)22(2,3)26/h9-14,26H,4-8H2,1-3H3,(H2,23,24,25). The van der Waals surface area contributed by atoms with E-state index in [-0.39, 0.29) is 4.21 Å². The topological polar surface area (TPSA) is 95.5 Å². The normalized spacial score (nSPS) is 17.5. The zero-order chi connectivity index (χ0) is 21.7. The Bertz CT molecular complexity index is 1080. The van der Waals surface area contributed by atoms with Gasteiger partial charge in [0.1, 0.15) is 4.21 Å². The van der Waals surface area contributed by atoms with E-state index in [1.807, 2.05) is 0 Å². The molecule has 1 aromatic carbocycles. The highest BCUT2D eigenvalue weighted by Crippen LogP contribution is 2.46. The molecular formula is C22H28N2O4S2. The Morgan fingerprint density at radius 2 is 1.93 bits per heavy atom. The number of thiophene rings is 1. The average Bonchev–Trinajstić information content (AvgIpc) is 3.16. The second-order valence-corrected chi connectivity index (χ2v) is 11.9. The summed E-state index contributed by atoms with van der Waals surface area (Å²) in [6, 6.07) is 6.47. The number of amides is 2. The quantitative estimate of drug-likeness (QED) is 0.607.